The quantitative estimate of drug-likeness (QED) is 0.792. The predicted octanol–water partition coefficient (Wildman–Crippen LogP) is 4.51. The minimum atomic E-state index is 0.439. The molecule has 3 rings (SSSR count). The van der Waals surface area contributed by atoms with E-state index in [-0.39, 0.29) is 0 Å². The SMILES string of the molecule is CCc1cccc(CC2C=Cc3ccccc3OC2)c1. The molecular formula is C19H20O. The summed E-state index contributed by atoms with van der Waals surface area (Å²) in [6.45, 7) is 2.95. The summed E-state index contributed by atoms with van der Waals surface area (Å²) in [6, 6.07) is 17.1. The zero-order valence-electron chi connectivity index (χ0n) is 11.9. The van der Waals surface area contributed by atoms with Gasteiger partial charge in [0.2, 0.25) is 0 Å². The number of hydrogen-bond acceptors (Lipinski definition) is 1. The summed E-state index contributed by atoms with van der Waals surface area (Å²) in [5.74, 6) is 1.43. The number of para-hydroxylation sites is 1. The minimum absolute atomic E-state index is 0.439. The molecule has 0 N–H and O–H groups in total. The van der Waals surface area contributed by atoms with Crippen LogP contribution in [-0.4, -0.2) is 6.61 Å². The summed E-state index contributed by atoms with van der Waals surface area (Å²) in [5, 5.41) is 0. The molecule has 0 saturated carbocycles. The predicted molar refractivity (Wildman–Crippen MR) is 84.0 cm³/mol. The summed E-state index contributed by atoms with van der Waals surface area (Å²) in [4.78, 5) is 0. The van der Waals surface area contributed by atoms with Gasteiger partial charge in [0.05, 0.1) is 6.61 Å². The fourth-order valence-corrected chi connectivity index (χ4v) is 2.65. The van der Waals surface area contributed by atoms with Gasteiger partial charge < -0.3 is 4.74 Å². The van der Waals surface area contributed by atoms with Gasteiger partial charge in [-0.05, 0) is 30.0 Å². The number of ether oxygens (including phenoxy) is 1. The van der Waals surface area contributed by atoms with Crippen LogP contribution in [-0.2, 0) is 12.8 Å². The molecule has 0 saturated heterocycles. The average Bonchev–Trinajstić information content (AvgIpc) is 2.70. The number of benzene rings is 2. The van der Waals surface area contributed by atoms with Crippen LogP contribution in [0.3, 0.4) is 0 Å². The first kappa shape index (κ1) is 13.0. The smallest absolute Gasteiger partial charge is 0.126 e. The number of aryl methyl sites for hydroxylation is 1. The van der Waals surface area contributed by atoms with Crippen molar-refractivity contribution in [2.45, 2.75) is 19.8 Å². The zero-order valence-corrected chi connectivity index (χ0v) is 11.9. The van der Waals surface area contributed by atoms with E-state index in [0.717, 1.165) is 25.2 Å². The normalized spacial score (nSPS) is 17.1. The molecule has 102 valence electrons. The van der Waals surface area contributed by atoms with Gasteiger partial charge in [0.25, 0.3) is 0 Å². The third kappa shape index (κ3) is 2.93. The molecule has 0 radical (unpaired) electrons. The van der Waals surface area contributed by atoms with Crippen LogP contribution in [0.25, 0.3) is 6.08 Å². The van der Waals surface area contributed by atoms with Gasteiger partial charge in [-0.2, -0.15) is 0 Å². The highest BCUT2D eigenvalue weighted by molar-refractivity contribution is 5.58. The molecule has 0 amide bonds. The Labute approximate surface area is 120 Å². The molecule has 1 unspecified atom stereocenters. The molecule has 0 aromatic heterocycles. The van der Waals surface area contributed by atoms with Crippen LogP contribution in [0.15, 0.2) is 54.6 Å². The Bertz CT molecular complexity index is 613. The molecular weight excluding hydrogens is 244 g/mol. The Kier molecular flexibility index (Phi) is 3.87. The molecule has 2 aromatic carbocycles. The second-order valence-electron chi connectivity index (χ2n) is 5.35. The van der Waals surface area contributed by atoms with Crippen LogP contribution in [0.5, 0.6) is 5.75 Å². The first-order valence-corrected chi connectivity index (χ1v) is 7.33. The zero-order chi connectivity index (χ0) is 13.8. The van der Waals surface area contributed by atoms with Gasteiger partial charge in [0.15, 0.2) is 0 Å². The van der Waals surface area contributed by atoms with Crippen molar-refractivity contribution in [3.63, 3.8) is 0 Å². The van der Waals surface area contributed by atoms with E-state index >= 15 is 0 Å². The van der Waals surface area contributed by atoms with Gasteiger partial charge in [0.1, 0.15) is 5.75 Å². The first-order valence-electron chi connectivity index (χ1n) is 7.33. The number of rotatable bonds is 3. The van der Waals surface area contributed by atoms with Crippen molar-refractivity contribution in [3.05, 3.63) is 71.3 Å². The third-order valence-corrected chi connectivity index (χ3v) is 3.82. The fraction of sp³-hybridized carbons (Fsp3) is 0.263. The Balaban J connectivity index is 1.74. The van der Waals surface area contributed by atoms with E-state index in [1.165, 1.54) is 16.7 Å². The maximum absolute atomic E-state index is 5.93. The average molecular weight is 264 g/mol. The summed E-state index contributed by atoms with van der Waals surface area (Å²) in [6.07, 6.45) is 6.61. The van der Waals surface area contributed by atoms with Gasteiger partial charge >= 0.3 is 0 Å². The summed E-state index contributed by atoms with van der Waals surface area (Å²) < 4.78 is 5.93. The second kappa shape index (κ2) is 5.96. The van der Waals surface area contributed by atoms with Crippen LogP contribution in [0, 0.1) is 5.92 Å². The molecule has 1 heteroatoms. The van der Waals surface area contributed by atoms with Crippen molar-refractivity contribution in [1.29, 1.82) is 0 Å². The Morgan fingerprint density at radius 3 is 2.80 bits per heavy atom. The molecule has 1 nitrogen and oxygen atoms in total. The fourth-order valence-electron chi connectivity index (χ4n) is 2.65. The van der Waals surface area contributed by atoms with E-state index in [1.54, 1.807) is 0 Å². The molecule has 0 bridgehead atoms. The van der Waals surface area contributed by atoms with Crippen molar-refractivity contribution in [3.8, 4) is 5.75 Å². The lowest BCUT2D eigenvalue weighted by molar-refractivity contribution is 0.277. The maximum Gasteiger partial charge on any atom is 0.126 e. The lowest BCUT2D eigenvalue weighted by Crippen LogP contribution is -2.11. The molecule has 2 aromatic rings. The second-order valence-corrected chi connectivity index (χ2v) is 5.35. The molecule has 0 aliphatic carbocycles. The summed E-state index contributed by atoms with van der Waals surface area (Å²) in [5.41, 5.74) is 3.98. The molecule has 1 aliphatic heterocycles. The highest BCUT2D eigenvalue weighted by Gasteiger charge is 2.12. The van der Waals surface area contributed by atoms with Crippen LogP contribution in [0.4, 0.5) is 0 Å². The highest BCUT2D eigenvalue weighted by atomic mass is 16.5. The monoisotopic (exact) mass is 264 g/mol. The standard InChI is InChI=1S/C19H20O/c1-2-15-6-5-7-16(12-15)13-17-10-11-18-8-3-4-9-19(18)20-14-17/h3-12,17H,2,13-14H2,1H3. The van der Waals surface area contributed by atoms with E-state index in [4.69, 9.17) is 4.74 Å². The van der Waals surface area contributed by atoms with Crippen LogP contribution >= 0.6 is 0 Å². The maximum atomic E-state index is 5.93. The molecule has 0 fully saturated rings. The molecule has 1 heterocycles. The van der Waals surface area contributed by atoms with E-state index in [9.17, 15) is 0 Å². The van der Waals surface area contributed by atoms with E-state index in [1.807, 2.05) is 12.1 Å². The van der Waals surface area contributed by atoms with E-state index < -0.39 is 0 Å². The molecule has 1 aliphatic rings. The molecule has 20 heavy (non-hydrogen) atoms. The van der Waals surface area contributed by atoms with E-state index in [2.05, 4.69) is 55.5 Å². The highest BCUT2D eigenvalue weighted by Crippen LogP contribution is 2.25. The van der Waals surface area contributed by atoms with Gasteiger partial charge in [-0.15, -0.1) is 0 Å². The summed E-state index contributed by atoms with van der Waals surface area (Å²) >= 11 is 0. The van der Waals surface area contributed by atoms with Crippen molar-refractivity contribution in [1.82, 2.24) is 0 Å². The van der Waals surface area contributed by atoms with Gasteiger partial charge in [-0.3, -0.25) is 0 Å². The lowest BCUT2D eigenvalue weighted by atomic mass is 9.97. The number of hydrogen-bond donors (Lipinski definition) is 0. The number of fused-ring (bicyclic) bond motifs is 1. The van der Waals surface area contributed by atoms with Crippen molar-refractivity contribution in [2.24, 2.45) is 5.92 Å². The topological polar surface area (TPSA) is 9.23 Å². The van der Waals surface area contributed by atoms with Gasteiger partial charge in [0, 0.05) is 11.5 Å². The van der Waals surface area contributed by atoms with Crippen LogP contribution in [0.1, 0.15) is 23.6 Å². The van der Waals surface area contributed by atoms with Crippen molar-refractivity contribution in [2.75, 3.05) is 6.61 Å². The Morgan fingerprint density at radius 1 is 1.05 bits per heavy atom. The molecule has 0 spiro atoms. The largest absolute Gasteiger partial charge is 0.492 e. The first-order chi connectivity index (χ1) is 9.85. The molecule has 1 atom stereocenters. The Morgan fingerprint density at radius 2 is 1.90 bits per heavy atom. The minimum Gasteiger partial charge on any atom is -0.492 e. The Hall–Kier alpha value is -2.02. The van der Waals surface area contributed by atoms with Crippen molar-refractivity contribution >= 4 is 6.08 Å². The lowest BCUT2D eigenvalue weighted by Gasteiger charge is -2.13. The third-order valence-electron chi connectivity index (χ3n) is 3.82. The van der Waals surface area contributed by atoms with Crippen molar-refractivity contribution < 1.29 is 4.74 Å². The van der Waals surface area contributed by atoms with Crippen LogP contribution < -0.4 is 4.74 Å². The van der Waals surface area contributed by atoms with E-state index in [0.29, 0.717) is 5.92 Å². The van der Waals surface area contributed by atoms with Gasteiger partial charge in [-0.1, -0.05) is 61.5 Å². The van der Waals surface area contributed by atoms with Gasteiger partial charge in [-0.25, -0.2) is 0 Å². The summed E-state index contributed by atoms with van der Waals surface area (Å²) in [7, 11) is 0. The van der Waals surface area contributed by atoms with Crippen LogP contribution in [0.2, 0.25) is 0 Å².